The van der Waals surface area contributed by atoms with Crippen molar-refractivity contribution in [2.45, 2.75) is 25.3 Å². The Hall–Kier alpha value is -1.06. The van der Waals surface area contributed by atoms with Gasteiger partial charge in [-0.3, -0.25) is 0 Å². The summed E-state index contributed by atoms with van der Waals surface area (Å²) in [7, 11) is 1.97. The Morgan fingerprint density at radius 3 is 2.44 bits per heavy atom. The molecule has 1 saturated carbocycles. The number of benzene rings is 1. The lowest BCUT2D eigenvalue weighted by molar-refractivity contribution is 0.152. The standard InChI is InChI=1S/C15H24N2O/c1-3-17(14-7-5-4-6-8-14)11-15(12-18,16-2)13-9-10-13/h4-8,13,16,18H,3,9-12H2,1-2H3. The van der Waals surface area contributed by atoms with Crippen molar-refractivity contribution in [3.63, 3.8) is 0 Å². The third-order valence-corrected chi connectivity index (χ3v) is 4.11. The summed E-state index contributed by atoms with van der Waals surface area (Å²) in [5, 5.41) is 13.2. The van der Waals surface area contributed by atoms with Gasteiger partial charge in [0.2, 0.25) is 0 Å². The van der Waals surface area contributed by atoms with Crippen LogP contribution < -0.4 is 10.2 Å². The first-order valence-corrected chi connectivity index (χ1v) is 6.85. The predicted octanol–water partition coefficient (Wildman–Crippen LogP) is 1.87. The molecular weight excluding hydrogens is 224 g/mol. The van der Waals surface area contributed by atoms with Gasteiger partial charge in [0.15, 0.2) is 0 Å². The minimum absolute atomic E-state index is 0.147. The van der Waals surface area contributed by atoms with Crippen LogP contribution in [0.25, 0.3) is 0 Å². The molecular formula is C15H24N2O. The number of para-hydroxylation sites is 1. The number of rotatable bonds is 7. The number of aliphatic hydroxyl groups is 1. The van der Waals surface area contributed by atoms with Gasteiger partial charge in [-0.15, -0.1) is 0 Å². The summed E-state index contributed by atoms with van der Waals surface area (Å²) >= 11 is 0. The zero-order chi connectivity index (χ0) is 13.0. The van der Waals surface area contributed by atoms with Gasteiger partial charge in [-0.25, -0.2) is 0 Å². The van der Waals surface area contributed by atoms with Crippen LogP contribution in [0, 0.1) is 5.92 Å². The molecule has 18 heavy (non-hydrogen) atoms. The average Bonchev–Trinajstić information content (AvgIpc) is 3.27. The second-order valence-electron chi connectivity index (χ2n) is 5.19. The van der Waals surface area contributed by atoms with E-state index in [1.54, 1.807) is 0 Å². The number of hydrogen-bond acceptors (Lipinski definition) is 3. The fourth-order valence-corrected chi connectivity index (χ4v) is 2.67. The molecule has 1 aromatic rings. The first kappa shape index (κ1) is 13.4. The molecule has 2 N–H and O–H groups in total. The Labute approximate surface area is 110 Å². The molecule has 3 nitrogen and oxygen atoms in total. The summed E-state index contributed by atoms with van der Waals surface area (Å²) in [6, 6.07) is 10.4. The molecule has 0 heterocycles. The second kappa shape index (κ2) is 5.72. The van der Waals surface area contributed by atoms with Crippen molar-refractivity contribution in [1.29, 1.82) is 0 Å². The second-order valence-corrected chi connectivity index (χ2v) is 5.19. The molecule has 1 unspecified atom stereocenters. The quantitative estimate of drug-likeness (QED) is 0.773. The first-order chi connectivity index (χ1) is 8.75. The van der Waals surface area contributed by atoms with Crippen LogP contribution in [0.4, 0.5) is 5.69 Å². The molecule has 100 valence electrons. The van der Waals surface area contributed by atoms with Gasteiger partial charge in [-0.2, -0.15) is 0 Å². The molecule has 0 bridgehead atoms. The van der Waals surface area contributed by atoms with Crippen LogP contribution in [-0.4, -0.2) is 37.4 Å². The molecule has 1 aliphatic rings. The number of anilines is 1. The number of nitrogens with one attached hydrogen (secondary N) is 1. The van der Waals surface area contributed by atoms with E-state index in [4.69, 9.17) is 0 Å². The monoisotopic (exact) mass is 248 g/mol. The summed E-state index contributed by atoms with van der Waals surface area (Å²) in [6.45, 7) is 4.19. The maximum absolute atomic E-state index is 9.79. The first-order valence-electron chi connectivity index (χ1n) is 6.85. The summed E-state index contributed by atoms with van der Waals surface area (Å²) in [5.74, 6) is 0.616. The lowest BCUT2D eigenvalue weighted by atomic mass is 9.93. The molecule has 0 spiro atoms. The summed E-state index contributed by atoms with van der Waals surface area (Å²) < 4.78 is 0. The Kier molecular flexibility index (Phi) is 4.25. The van der Waals surface area contributed by atoms with Crippen LogP contribution in [-0.2, 0) is 0 Å². The van der Waals surface area contributed by atoms with E-state index in [1.165, 1.54) is 18.5 Å². The molecule has 1 fully saturated rings. The van der Waals surface area contributed by atoms with Gasteiger partial charge in [0, 0.05) is 18.8 Å². The lowest BCUT2D eigenvalue weighted by Crippen LogP contribution is -2.56. The van der Waals surface area contributed by atoms with Crippen LogP contribution >= 0.6 is 0 Å². The van der Waals surface area contributed by atoms with Crippen molar-refractivity contribution in [3.8, 4) is 0 Å². The molecule has 0 aliphatic heterocycles. The maximum Gasteiger partial charge on any atom is 0.0633 e. The molecule has 1 atom stereocenters. The van der Waals surface area contributed by atoms with Gasteiger partial charge >= 0.3 is 0 Å². The summed E-state index contributed by atoms with van der Waals surface area (Å²) in [6.07, 6.45) is 2.46. The normalized spacial score (nSPS) is 18.4. The highest BCUT2D eigenvalue weighted by Gasteiger charge is 2.44. The maximum atomic E-state index is 9.79. The van der Waals surface area contributed by atoms with E-state index in [1.807, 2.05) is 13.1 Å². The van der Waals surface area contributed by atoms with E-state index in [0.29, 0.717) is 5.92 Å². The molecule has 0 saturated heterocycles. The van der Waals surface area contributed by atoms with Gasteiger partial charge in [-0.1, -0.05) is 18.2 Å². The van der Waals surface area contributed by atoms with E-state index < -0.39 is 0 Å². The minimum atomic E-state index is -0.147. The van der Waals surface area contributed by atoms with E-state index in [0.717, 1.165) is 13.1 Å². The minimum Gasteiger partial charge on any atom is -0.394 e. The molecule has 3 heteroatoms. The number of aliphatic hydroxyl groups excluding tert-OH is 1. The fourth-order valence-electron chi connectivity index (χ4n) is 2.67. The van der Waals surface area contributed by atoms with Gasteiger partial charge in [0.25, 0.3) is 0 Å². The van der Waals surface area contributed by atoms with E-state index in [-0.39, 0.29) is 12.1 Å². The molecule has 0 aromatic heterocycles. The largest absolute Gasteiger partial charge is 0.394 e. The van der Waals surface area contributed by atoms with Crippen LogP contribution in [0.3, 0.4) is 0 Å². The smallest absolute Gasteiger partial charge is 0.0633 e. The van der Waals surface area contributed by atoms with Gasteiger partial charge in [0.1, 0.15) is 0 Å². The van der Waals surface area contributed by atoms with E-state index >= 15 is 0 Å². The highest BCUT2D eigenvalue weighted by atomic mass is 16.3. The zero-order valence-electron chi connectivity index (χ0n) is 11.4. The lowest BCUT2D eigenvalue weighted by Gasteiger charge is -2.38. The fraction of sp³-hybridized carbons (Fsp3) is 0.600. The number of likely N-dealkylation sites (N-methyl/N-ethyl adjacent to an activating group) is 2. The van der Waals surface area contributed by atoms with Crippen LogP contribution in [0.15, 0.2) is 30.3 Å². The van der Waals surface area contributed by atoms with Gasteiger partial charge < -0.3 is 15.3 Å². The van der Waals surface area contributed by atoms with Crippen LogP contribution in [0.1, 0.15) is 19.8 Å². The Bertz CT molecular complexity index is 358. The van der Waals surface area contributed by atoms with Crippen molar-refractivity contribution >= 4 is 5.69 Å². The third kappa shape index (κ3) is 2.68. The molecule has 0 amide bonds. The van der Waals surface area contributed by atoms with Crippen molar-refractivity contribution in [2.75, 3.05) is 31.6 Å². The zero-order valence-corrected chi connectivity index (χ0v) is 11.4. The Morgan fingerprint density at radius 2 is 2.00 bits per heavy atom. The topological polar surface area (TPSA) is 35.5 Å². The van der Waals surface area contributed by atoms with Gasteiger partial charge in [0.05, 0.1) is 12.1 Å². The molecule has 2 rings (SSSR count). The Balaban J connectivity index is 2.13. The van der Waals surface area contributed by atoms with Crippen molar-refractivity contribution in [2.24, 2.45) is 5.92 Å². The predicted molar refractivity (Wildman–Crippen MR) is 75.9 cm³/mol. The SMILES string of the molecule is CCN(CC(CO)(NC)C1CC1)c1ccccc1. The molecule has 1 aromatic carbocycles. The highest BCUT2D eigenvalue weighted by Crippen LogP contribution is 2.40. The molecule has 0 radical (unpaired) electrons. The van der Waals surface area contributed by atoms with Crippen LogP contribution in [0.5, 0.6) is 0 Å². The Morgan fingerprint density at radius 1 is 1.33 bits per heavy atom. The molecule has 1 aliphatic carbocycles. The third-order valence-electron chi connectivity index (χ3n) is 4.11. The number of hydrogen-bond donors (Lipinski definition) is 2. The summed E-state index contributed by atoms with van der Waals surface area (Å²) in [5.41, 5.74) is 1.08. The van der Waals surface area contributed by atoms with Crippen molar-refractivity contribution in [1.82, 2.24) is 5.32 Å². The van der Waals surface area contributed by atoms with E-state index in [9.17, 15) is 5.11 Å². The van der Waals surface area contributed by atoms with Crippen LogP contribution in [0.2, 0.25) is 0 Å². The average molecular weight is 248 g/mol. The number of nitrogens with zero attached hydrogens (tertiary/aromatic N) is 1. The van der Waals surface area contributed by atoms with E-state index in [2.05, 4.69) is 41.4 Å². The van der Waals surface area contributed by atoms with Crippen molar-refractivity contribution in [3.05, 3.63) is 30.3 Å². The van der Waals surface area contributed by atoms with Crippen molar-refractivity contribution < 1.29 is 5.11 Å². The summed E-state index contributed by atoms with van der Waals surface area (Å²) in [4.78, 5) is 2.34. The van der Waals surface area contributed by atoms with Gasteiger partial charge in [-0.05, 0) is 44.9 Å². The highest BCUT2D eigenvalue weighted by molar-refractivity contribution is 5.46.